The lowest BCUT2D eigenvalue weighted by Gasteiger charge is -2.26. The zero-order valence-corrected chi connectivity index (χ0v) is 18.5. The lowest BCUT2D eigenvalue weighted by molar-refractivity contribution is -0.114. The van der Waals surface area contributed by atoms with Crippen molar-refractivity contribution in [2.24, 2.45) is 16.8 Å². The maximum Gasteiger partial charge on any atom is 0.221 e. The lowest BCUT2D eigenvalue weighted by atomic mass is 9.81. The van der Waals surface area contributed by atoms with E-state index in [1.807, 2.05) is 24.3 Å². The number of hydrogen-bond donors (Lipinski definition) is 3. The van der Waals surface area contributed by atoms with Gasteiger partial charge in [0.25, 0.3) is 0 Å². The van der Waals surface area contributed by atoms with Crippen LogP contribution in [0.4, 0.5) is 5.69 Å². The number of carbonyl (C=O) groups excluding carboxylic acids is 1. The van der Waals surface area contributed by atoms with Gasteiger partial charge in [0.1, 0.15) is 0 Å². The van der Waals surface area contributed by atoms with E-state index in [1.54, 1.807) is 7.05 Å². The van der Waals surface area contributed by atoms with Crippen LogP contribution in [0.15, 0.2) is 29.3 Å². The molecule has 0 aromatic heterocycles. The molecule has 1 aliphatic rings. The second-order valence-electron chi connectivity index (χ2n) is 7.16. The van der Waals surface area contributed by atoms with Gasteiger partial charge in [0.15, 0.2) is 5.96 Å². The molecule has 2 atom stereocenters. The summed E-state index contributed by atoms with van der Waals surface area (Å²) in [6.45, 7) is 5.52. The van der Waals surface area contributed by atoms with E-state index in [0.29, 0.717) is 6.54 Å². The maximum atomic E-state index is 11.1. The van der Waals surface area contributed by atoms with E-state index in [1.165, 1.54) is 39.0 Å². The van der Waals surface area contributed by atoms with Crippen LogP contribution in [-0.2, 0) is 11.3 Å². The zero-order chi connectivity index (χ0) is 18.1. The van der Waals surface area contributed by atoms with Gasteiger partial charge in [-0.2, -0.15) is 0 Å². The topological polar surface area (TPSA) is 65.5 Å². The molecule has 0 spiro atoms. The molecule has 26 heavy (non-hydrogen) atoms. The monoisotopic (exact) mass is 472 g/mol. The number of carbonyl (C=O) groups is 1. The Bertz CT molecular complexity index is 591. The number of halogens is 1. The first-order valence-corrected chi connectivity index (χ1v) is 9.38. The normalized spacial score (nSPS) is 20.0. The SMILES string of the molecule is CN=C(NCCC1CCCC(C)C1)NCc1cccc(NC(C)=O)c1.I. The number of guanidine groups is 1. The summed E-state index contributed by atoms with van der Waals surface area (Å²) in [6, 6.07) is 7.85. The van der Waals surface area contributed by atoms with Crippen molar-refractivity contribution in [2.75, 3.05) is 18.9 Å². The molecule has 2 unspecified atom stereocenters. The highest BCUT2D eigenvalue weighted by atomic mass is 127. The van der Waals surface area contributed by atoms with Crippen molar-refractivity contribution in [1.29, 1.82) is 0 Å². The predicted molar refractivity (Wildman–Crippen MR) is 120 cm³/mol. The third-order valence-electron chi connectivity index (χ3n) is 4.82. The largest absolute Gasteiger partial charge is 0.356 e. The van der Waals surface area contributed by atoms with Crippen LogP contribution in [0.2, 0.25) is 0 Å². The van der Waals surface area contributed by atoms with Gasteiger partial charge in [0.2, 0.25) is 5.91 Å². The second-order valence-corrected chi connectivity index (χ2v) is 7.16. The van der Waals surface area contributed by atoms with Gasteiger partial charge in [-0.25, -0.2) is 0 Å². The molecule has 1 aromatic rings. The molecule has 0 bridgehead atoms. The van der Waals surface area contributed by atoms with E-state index >= 15 is 0 Å². The van der Waals surface area contributed by atoms with Crippen molar-refractivity contribution in [3.05, 3.63) is 29.8 Å². The van der Waals surface area contributed by atoms with Gasteiger partial charge in [-0.1, -0.05) is 38.3 Å². The molecular formula is C20H33IN4O. The summed E-state index contributed by atoms with van der Waals surface area (Å²) in [5.41, 5.74) is 1.93. The van der Waals surface area contributed by atoms with E-state index in [0.717, 1.165) is 35.6 Å². The number of nitrogens with one attached hydrogen (secondary N) is 3. The standard InChI is InChI=1S/C20H32N4O.HI/c1-15-6-4-7-17(12-15)10-11-22-20(21-3)23-14-18-8-5-9-19(13-18)24-16(2)25;/h5,8-9,13,15,17H,4,6-7,10-12,14H2,1-3H3,(H,24,25)(H2,21,22,23);1H. The number of anilines is 1. The van der Waals surface area contributed by atoms with Gasteiger partial charge in [0, 0.05) is 32.7 Å². The van der Waals surface area contributed by atoms with E-state index in [9.17, 15) is 4.79 Å². The van der Waals surface area contributed by atoms with Crippen LogP contribution in [-0.4, -0.2) is 25.5 Å². The molecule has 1 amide bonds. The molecule has 1 aromatic carbocycles. The predicted octanol–water partition coefficient (Wildman–Crippen LogP) is 4.14. The molecule has 1 fully saturated rings. The Hall–Kier alpha value is -1.31. The molecule has 1 saturated carbocycles. The summed E-state index contributed by atoms with van der Waals surface area (Å²) < 4.78 is 0. The fourth-order valence-electron chi connectivity index (χ4n) is 3.59. The Kier molecular flexibility index (Phi) is 10.6. The highest BCUT2D eigenvalue weighted by Crippen LogP contribution is 2.30. The van der Waals surface area contributed by atoms with Crippen molar-refractivity contribution >= 4 is 41.5 Å². The summed E-state index contributed by atoms with van der Waals surface area (Å²) in [5.74, 6) is 2.50. The Morgan fingerprint density at radius 2 is 2.08 bits per heavy atom. The molecule has 0 aliphatic heterocycles. The van der Waals surface area contributed by atoms with Crippen LogP contribution in [0.3, 0.4) is 0 Å². The Labute approximate surface area is 174 Å². The van der Waals surface area contributed by atoms with E-state index in [-0.39, 0.29) is 29.9 Å². The first kappa shape index (κ1) is 22.7. The third-order valence-corrected chi connectivity index (χ3v) is 4.82. The van der Waals surface area contributed by atoms with Gasteiger partial charge in [-0.15, -0.1) is 24.0 Å². The number of rotatable bonds is 6. The molecule has 146 valence electrons. The van der Waals surface area contributed by atoms with Crippen molar-refractivity contribution in [1.82, 2.24) is 10.6 Å². The van der Waals surface area contributed by atoms with Gasteiger partial charge in [-0.05, 0) is 42.4 Å². The highest BCUT2D eigenvalue weighted by Gasteiger charge is 2.18. The van der Waals surface area contributed by atoms with Crippen LogP contribution in [0.1, 0.15) is 51.5 Å². The van der Waals surface area contributed by atoms with Crippen LogP contribution < -0.4 is 16.0 Å². The molecule has 0 heterocycles. The number of nitrogens with zero attached hydrogens (tertiary/aromatic N) is 1. The van der Waals surface area contributed by atoms with Crippen LogP contribution in [0, 0.1) is 11.8 Å². The Morgan fingerprint density at radius 3 is 2.77 bits per heavy atom. The van der Waals surface area contributed by atoms with Gasteiger partial charge in [-0.3, -0.25) is 9.79 Å². The second kappa shape index (κ2) is 12.1. The number of aliphatic imine (C=N–C) groups is 1. The first-order chi connectivity index (χ1) is 12.1. The fraction of sp³-hybridized carbons (Fsp3) is 0.600. The summed E-state index contributed by atoms with van der Waals surface area (Å²) in [4.78, 5) is 15.4. The molecule has 3 N–H and O–H groups in total. The molecule has 6 heteroatoms. The molecule has 1 aliphatic carbocycles. The van der Waals surface area contributed by atoms with Crippen LogP contribution in [0.25, 0.3) is 0 Å². The quantitative estimate of drug-likeness (QED) is 0.331. The first-order valence-electron chi connectivity index (χ1n) is 9.38. The van der Waals surface area contributed by atoms with E-state index < -0.39 is 0 Å². The molecular weight excluding hydrogens is 439 g/mol. The number of benzene rings is 1. The minimum Gasteiger partial charge on any atom is -0.356 e. The van der Waals surface area contributed by atoms with Crippen LogP contribution >= 0.6 is 24.0 Å². The Balaban J connectivity index is 0.00000338. The minimum atomic E-state index is -0.0559. The molecule has 5 nitrogen and oxygen atoms in total. The summed E-state index contributed by atoms with van der Waals surface area (Å²) in [6.07, 6.45) is 6.72. The highest BCUT2D eigenvalue weighted by molar-refractivity contribution is 14.0. The summed E-state index contributed by atoms with van der Waals surface area (Å²) in [5, 5.41) is 9.57. The third kappa shape index (κ3) is 8.38. The van der Waals surface area contributed by atoms with Gasteiger partial charge < -0.3 is 16.0 Å². The van der Waals surface area contributed by atoms with Gasteiger partial charge >= 0.3 is 0 Å². The fourth-order valence-corrected chi connectivity index (χ4v) is 3.59. The van der Waals surface area contributed by atoms with Crippen molar-refractivity contribution in [3.63, 3.8) is 0 Å². The van der Waals surface area contributed by atoms with Crippen molar-refractivity contribution < 1.29 is 4.79 Å². The minimum absolute atomic E-state index is 0. The van der Waals surface area contributed by atoms with E-state index in [4.69, 9.17) is 0 Å². The lowest BCUT2D eigenvalue weighted by Crippen LogP contribution is -2.38. The van der Waals surface area contributed by atoms with Crippen molar-refractivity contribution in [2.45, 2.75) is 52.5 Å². The van der Waals surface area contributed by atoms with Crippen LogP contribution in [0.5, 0.6) is 0 Å². The summed E-state index contributed by atoms with van der Waals surface area (Å²) in [7, 11) is 1.80. The average molecular weight is 472 g/mol. The smallest absolute Gasteiger partial charge is 0.221 e. The maximum absolute atomic E-state index is 11.1. The van der Waals surface area contributed by atoms with Crippen molar-refractivity contribution in [3.8, 4) is 0 Å². The van der Waals surface area contributed by atoms with E-state index in [2.05, 4.69) is 27.9 Å². The number of hydrogen-bond acceptors (Lipinski definition) is 2. The molecule has 2 rings (SSSR count). The van der Waals surface area contributed by atoms with Gasteiger partial charge in [0.05, 0.1) is 0 Å². The molecule has 0 saturated heterocycles. The number of amides is 1. The molecule has 0 radical (unpaired) electrons. The zero-order valence-electron chi connectivity index (χ0n) is 16.2. The average Bonchev–Trinajstić information content (AvgIpc) is 2.58. The Morgan fingerprint density at radius 1 is 1.27 bits per heavy atom. The summed E-state index contributed by atoms with van der Waals surface area (Å²) >= 11 is 0.